The second-order valence-electron chi connectivity index (χ2n) is 7.18. The Bertz CT molecular complexity index is 766. The van der Waals surface area contributed by atoms with Gasteiger partial charge in [-0.05, 0) is 37.1 Å². The van der Waals surface area contributed by atoms with Crippen LogP contribution in [0.3, 0.4) is 0 Å². The highest BCUT2D eigenvalue weighted by molar-refractivity contribution is 5.93. The molecule has 7 heteroatoms. The number of aromatic nitrogens is 2. The number of carbonyl (C=O) groups is 1. The average molecular weight is 369 g/mol. The summed E-state index contributed by atoms with van der Waals surface area (Å²) < 4.78 is 13.1. The van der Waals surface area contributed by atoms with Crippen LogP contribution in [0.5, 0.6) is 0 Å². The number of rotatable bonds is 4. The summed E-state index contributed by atoms with van der Waals surface area (Å²) in [5, 5.41) is 3.06. The van der Waals surface area contributed by atoms with Crippen molar-refractivity contribution in [3.63, 3.8) is 0 Å². The molecular weight excluding hydrogens is 345 g/mol. The van der Waals surface area contributed by atoms with Crippen LogP contribution in [0, 0.1) is 5.82 Å². The van der Waals surface area contributed by atoms with Crippen molar-refractivity contribution in [2.24, 2.45) is 0 Å². The number of carbonyl (C=O) groups excluding carboxylic acids is 1. The Morgan fingerprint density at radius 1 is 0.963 bits per heavy atom. The maximum absolute atomic E-state index is 13.1. The van der Waals surface area contributed by atoms with E-state index in [1.54, 1.807) is 24.5 Å². The molecule has 1 saturated heterocycles. The van der Waals surface area contributed by atoms with E-state index in [0.29, 0.717) is 11.5 Å². The van der Waals surface area contributed by atoms with Gasteiger partial charge in [0.1, 0.15) is 5.82 Å². The Balaban J connectivity index is 1.33. The van der Waals surface area contributed by atoms with Gasteiger partial charge in [-0.1, -0.05) is 12.8 Å². The number of nitrogens with zero attached hydrogens (tertiary/aromatic N) is 4. The van der Waals surface area contributed by atoms with Crippen LogP contribution in [0.4, 0.5) is 16.0 Å². The van der Waals surface area contributed by atoms with Crippen LogP contribution in [-0.2, 0) is 0 Å². The lowest BCUT2D eigenvalue weighted by atomic mass is 10.2. The molecule has 0 spiro atoms. The Morgan fingerprint density at radius 2 is 1.56 bits per heavy atom. The summed E-state index contributed by atoms with van der Waals surface area (Å²) in [5.41, 5.74) is 1.53. The van der Waals surface area contributed by atoms with Crippen molar-refractivity contribution in [1.29, 1.82) is 0 Å². The lowest BCUT2D eigenvalue weighted by molar-refractivity contribution is 0.0937. The number of piperazine rings is 1. The van der Waals surface area contributed by atoms with Crippen molar-refractivity contribution in [2.45, 2.75) is 31.7 Å². The molecule has 142 valence electrons. The van der Waals surface area contributed by atoms with E-state index >= 15 is 0 Å². The van der Waals surface area contributed by atoms with Crippen LogP contribution >= 0.6 is 0 Å². The predicted octanol–water partition coefficient (Wildman–Crippen LogP) is 2.61. The first kappa shape index (κ1) is 17.7. The second kappa shape index (κ2) is 7.90. The Kier molecular flexibility index (Phi) is 5.18. The van der Waals surface area contributed by atoms with Gasteiger partial charge in [-0.3, -0.25) is 4.79 Å². The molecule has 4 rings (SSSR count). The first-order valence-corrected chi connectivity index (χ1v) is 9.57. The maximum Gasteiger partial charge on any atom is 0.254 e. The molecule has 2 aliphatic rings. The number of anilines is 2. The third-order valence-corrected chi connectivity index (χ3v) is 5.35. The van der Waals surface area contributed by atoms with E-state index < -0.39 is 0 Å². The zero-order valence-electron chi connectivity index (χ0n) is 15.3. The molecule has 1 aromatic heterocycles. The quantitative estimate of drug-likeness (QED) is 0.898. The standard InChI is InChI=1S/C20H24FN5O/c21-16-5-7-18(8-6-16)25-9-11-26(12-10-25)20-22-13-15(14-23-20)19(27)24-17-3-1-2-4-17/h5-8,13-14,17H,1-4,9-12H2,(H,24,27). The molecule has 0 bridgehead atoms. The molecule has 2 heterocycles. The Morgan fingerprint density at radius 3 is 2.19 bits per heavy atom. The monoisotopic (exact) mass is 369 g/mol. The van der Waals surface area contributed by atoms with E-state index in [-0.39, 0.29) is 17.8 Å². The summed E-state index contributed by atoms with van der Waals surface area (Å²) >= 11 is 0. The van der Waals surface area contributed by atoms with Gasteiger partial charge in [-0.25, -0.2) is 14.4 Å². The number of hydrogen-bond donors (Lipinski definition) is 1. The van der Waals surface area contributed by atoms with Gasteiger partial charge in [0.25, 0.3) is 5.91 Å². The Hall–Kier alpha value is -2.70. The number of benzene rings is 1. The predicted molar refractivity (Wildman–Crippen MR) is 103 cm³/mol. The van der Waals surface area contributed by atoms with Crippen LogP contribution in [0.1, 0.15) is 36.0 Å². The fourth-order valence-electron chi connectivity index (χ4n) is 3.76. The van der Waals surface area contributed by atoms with Gasteiger partial charge in [-0.2, -0.15) is 0 Å². The first-order chi connectivity index (χ1) is 13.2. The third-order valence-electron chi connectivity index (χ3n) is 5.35. The summed E-state index contributed by atoms with van der Waals surface area (Å²) in [4.78, 5) is 25.4. The second-order valence-corrected chi connectivity index (χ2v) is 7.18. The topological polar surface area (TPSA) is 61.4 Å². The molecule has 1 aliphatic carbocycles. The maximum atomic E-state index is 13.1. The molecular formula is C20H24FN5O. The van der Waals surface area contributed by atoms with Crippen LogP contribution < -0.4 is 15.1 Å². The molecule has 0 radical (unpaired) electrons. The van der Waals surface area contributed by atoms with Gasteiger partial charge in [0, 0.05) is 50.3 Å². The van der Waals surface area contributed by atoms with E-state index in [1.807, 2.05) is 0 Å². The molecule has 27 heavy (non-hydrogen) atoms. The highest BCUT2D eigenvalue weighted by Gasteiger charge is 2.21. The number of amides is 1. The molecule has 0 atom stereocenters. The number of nitrogens with one attached hydrogen (secondary N) is 1. The van der Waals surface area contributed by atoms with Crippen molar-refractivity contribution < 1.29 is 9.18 Å². The minimum absolute atomic E-state index is 0.0884. The molecule has 1 amide bonds. The van der Waals surface area contributed by atoms with E-state index in [1.165, 1.54) is 25.0 Å². The van der Waals surface area contributed by atoms with Crippen molar-refractivity contribution in [2.75, 3.05) is 36.0 Å². The molecule has 1 saturated carbocycles. The molecule has 1 aromatic carbocycles. The van der Waals surface area contributed by atoms with Gasteiger partial charge < -0.3 is 15.1 Å². The molecule has 6 nitrogen and oxygen atoms in total. The zero-order chi connectivity index (χ0) is 18.6. The lowest BCUT2D eigenvalue weighted by Gasteiger charge is -2.36. The van der Waals surface area contributed by atoms with E-state index in [2.05, 4.69) is 25.1 Å². The summed E-state index contributed by atoms with van der Waals surface area (Å²) in [6.45, 7) is 3.20. The minimum Gasteiger partial charge on any atom is -0.368 e. The SMILES string of the molecule is O=C(NC1CCCC1)c1cnc(N2CCN(c3ccc(F)cc3)CC2)nc1. The van der Waals surface area contributed by atoms with Crippen LogP contribution in [0.2, 0.25) is 0 Å². The van der Waals surface area contributed by atoms with Crippen LogP contribution in [-0.4, -0.2) is 48.1 Å². The van der Waals surface area contributed by atoms with Gasteiger partial charge in [-0.15, -0.1) is 0 Å². The number of halogens is 1. The molecule has 2 fully saturated rings. The smallest absolute Gasteiger partial charge is 0.254 e. The highest BCUT2D eigenvalue weighted by Crippen LogP contribution is 2.20. The largest absolute Gasteiger partial charge is 0.368 e. The lowest BCUT2D eigenvalue weighted by Crippen LogP contribution is -2.47. The highest BCUT2D eigenvalue weighted by atomic mass is 19.1. The van der Waals surface area contributed by atoms with Crippen molar-refractivity contribution in [1.82, 2.24) is 15.3 Å². The number of hydrogen-bond acceptors (Lipinski definition) is 5. The zero-order valence-corrected chi connectivity index (χ0v) is 15.3. The molecule has 2 aromatic rings. The van der Waals surface area contributed by atoms with Crippen molar-refractivity contribution >= 4 is 17.5 Å². The van der Waals surface area contributed by atoms with Gasteiger partial charge in [0.15, 0.2) is 0 Å². The van der Waals surface area contributed by atoms with Gasteiger partial charge in [0.2, 0.25) is 5.95 Å². The summed E-state index contributed by atoms with van der Waals surface area (Å²) in [7, 11) is 0. The third kappa shape index (κ3) is 4.18. The fourth-order valence-corrected chi connectivity index (χ4v) is 3.76. The van der Waals surface area contributed by atoms with Crippen LogP contribution in [0.25, 0.3) is 0 Å². The van der Waals surface area contributed by atoms with E-state index in [0.717, 1.165) is 44.7 Å². The summed E-state index contributed by atoms with van der Waals surface area (Å²) in [6, 6.07) is 6.87. The first-order valence-electron chi connectivity index (χ1n) is 9.57. The summed E-state index contributed by atoms with van der Waals surface area (Å²) in [5.74, 6) is 0.337. The summed E-state index contributed by atoms with van der Waals surface area (Å²) in [6.07, 6.45) is 7.71. The minimum atomic E-state index is -0.220. The normalized spacial score (nSPS) is 18.0. The van der Waals surface area contributed by atoms with Crippen LogP contribution in [0.15, 0.2) is 36.7 Å². The average Bonchev–Trinajstić information content (AvgIpc) is 3.22. The van der Waals surface area contributed by atoms with E-state index in [4.69, 9.17) is 0 Å². The van der Waals surface area contributed by atoms with Gasteiger partial charge in [0.05, 0.1) is 5.56 Å². The van der Waals surface area contributed by atoms with Crippen molar-refractivity contribution in [3.05, 3.63) is 48.0 Å². The molecule has 1 N–H and O–H groups in total. The Labute approximate surface area is 158 Å². The van der Waals surface area contributed by atoms with Gasteiger partial charge >= 0.3 is 0 Å². The molecule has 1 aliphatic heterocycles. The van der Waals surface area contributed by atoms with E-state index in [9.17, 15) is 9.18 Å². The van der Waals surface area contributed by atoms with Crippen molar-refractivity contribution in [3.8, 4) is 0 Å². The fraction of sp³-hybridized carbons (Fsp3) is 0.450. The molecule has 0 unspecified atom stereocenters.